The van der Waals surface area contributed by atoms with Crippen molar-refractivity contribution in [3.63, 3.8) is 0 Å². The molecule has 0 bridgehead atoms. The molecule has 0 saturated carbocycles. The summed E-state index contributed by atoms with van der Waals surface area (Å²) in [6.45, 7) is 0.582. The van der Waals surface area contributed by atoms with Gasteiger partial charge in [0.2, 0.25) is 0 Å². The van der Waals surface area contributed by atoms with E-state index >= 15 is 0 Å². The molecule has 84 valence electrons. The summed E-state index contributed by atoms with van der Waals surface area (Å²) in [6, 6.07) is 7.81. The molecule has 17 heavy (non-hydrogen) atoms. The number of nitrogens with zero attached hydrogens (tertiary/aromatic N) is 5. The van der Waals surface area contributed by atoms with Crippen LogP contribution in [0.1, 0.15) is 5.69 Å². The Hall–Kier alpha value is -2.08. The molecular formula is C11H9N5S. The van der Waals surface area contributed by atoms with Gasteiger partial charge in [-0.2, -0.15) is 11.3 Å². The summed E-state index contributed by atoms with van der Waals surface area (Å²) in [4.78, 5) is 4.26. The van der Waals surface area contributed by atoms with Gasteiger partial charge in [-0.05, 0) is 34.0 Å². The van der Waals surface area contributed by atoms with Gasteiger partial charge in [0.15, 0.2) is 5.82 Å². The maximum atomic E-state index is 4.26. The van der Waals surface area contributed by atoms with Crippen molar-refractivity contribution in [2.24, 2.45) is 0 Å². The molecule has 0 saturated heterocycles. The zero-order valence-electron chi connectivity index (χ0n) is 8.89. The number of aromatic nitrogens is 5. The Morgan fingerprint density at radius 2 is 2.24 bits per heavy atom. The molecule has 3 heterocycles. The number of tetrazole rings is 1. The number of pyridine rings is 1. The van der Waals surface area contributed by atoms with Crippen molar-refractivity contribution in [2.75, 3.05) is 0 Å². The van der Waals surface area contributed by atoms with Crippen molar-refractivity contribution in [2.45, 2.75) is 6.54 Å². The molecule has 0 N–H and O–H groups in total. The zero-order chi connectivity index (χ0) is 11.5. The highest BCUT2D eigenvalue weighted by atomic mass is 32.1. The molecule has 6 heteroatoms. The van der Waals surface area contributed by atoms with Gasteiger partial charge < -0.3 is 0 Å². The smallest absolute Gasteiger partial charge is 0.183 e. The lowest BCUT2D eigenvalue weighted by atomic mass is 10.3. The fraction of sp³-hybridized carbons (Fsp3) is 0.0909. The number of thiophene rings is 1. The molecule has 0 aromatic carbocycles. The quantitative estimate of drug-likeness (QED) is 0.704. The van der Waals surface area contributed by atoms with Gasteiger partial charge in [-0.15, -0.1) is 5.10 Å². The molecule has 0 atom stereocenters. The molecule has 0 unspecified atom stereocenters. The van der Waals surface area contributed by atoms with Crippen molar-refractivity contribution in [1.29, 1.82) is 0 Å². The lowest BCUT2D eigenvalue weighted by molar-refractivity contribution is 0.642. The van der Waals surface area contributed by atoms with Crippen molar-refractivity contribution in [1.82, 2.24) is 25.2 Å². The van der Waals surface area contributed by atoms with E-state index in [0.717, 1.165) is 17.1 Å². The summed E-state index contributed by atoms with van der Waals surface area (Å²) in [5.41, 5.74) is 1.98. The second-order valence-corrected chi connectivity index (χ2v) is 4.27. The first-order chi connectivity index (χ1) is 8.43. The van der Waals surface area contributed by atoms with Crippen LogP contribution in [0, 0.1) is 0 Å². The fourth-order valence-corrected chi connectivity index (χ4v) is 2.19. The first-order valence-electron chi connectivity index (χ1n) is 5.12. The summed E-state index contributed by atoms with van der Waals surface area (Å²) in [5, 5.41) is 15.8. The van der Waals surface area contributed by atoms with E-state index in [2.05, 4.69) is 20.5 Å². The van der Waals surface area contributed by atoms with E-state index in [1.165, 1.54) is 0 Å². The predicted octanol–water partition coefficient (Wildman–Crippen LogP) is 1.84. The highest BCUT2D eigenvalue weighted by Crippen LogP contribution is 2.19. The van der Waals surface area contributed by atoms with Crippen LogP contribution in [0.15, 0.2) is 41.2 Å². The Balaban J connectivity index is 1.92. The van der Waals surface area contributed by atoms with Crippen LogP contribution in [0.2, 0.25) is 0 Å². The molecule has 0 spiro atoms. The third-order valence-electron chi connectivity index (χ3n) is 2.35. The van der Waals surface area contributed by atoms with E-state index in [1.807, 2.05) is 35.0 Å². The van der Waals surface area contributed by atoms with Crippen molar-refractivity contribution in [3.8, 4) is 11.4 Å². The SMILES string of the molecule is c1ccc(Cn2nnnc2-c2ccsc2)nc1. The lowest BCUT2D eigenvalue weighted by Gasteiger charge is -2.02. The van der Waals surface area contributed by atoms with Gasteiger partial charge in [-0.3, -0.25) is 4.98 Å². The molecule has 3 aromatic rings. The largest absolute Gasteiger partial charge is 0.259 e. The first kappa shape index (κ1) is 10.1. The monoisotopic (exact) mass is 243 g/mol. The van der Waals surface area contributed by atoms with Crippen LogP contribution in [-0.4, -0.2) is 25.2 Å². The number of rotatable bonds is 3. The molecule has 0 aliphatic heterocycles. The van der Waals surface area contributed by atoms with Crippen LogP contribution in [0.4, 0.5) is 0 Å². The molecule has 0 fully saturated rings. The summed E-state index contributed by atoms with van der Waals surface area (Å²) < 4.78 is 1.75. The first-order valence-corrected chi connectivity index (χ1v) is 6.06. The third-order valence-corrected chi connectivity index (χ3v) is 3.03. The van der Waals surface area contributed by atoms with Crippen LogP contribution in [-0.2, 0) is 6.54 Å². The van der Waals surface area contributed by atoms with Crippen LogP contribution >= 0.6 is 11.3 Å². The Bertz CT molecular complexity index is 587. The highest BCUT2D eigenvalue weighted by Gasteiger charge is 2.09. The Morgan fingerprint density at radius 1 is 1.24 bits per heavy atom. The second-order valence-electron chi connectivity index (χ2n) is 3.49. The van der Waals surface area contributed by atoms with E-state index in [-0.39, 0.29) is 0 Å². The normalized spacial score (nSPS) is 10.6. The molecule has 0 aliphatic rings. The van der Waals surface area contributed by atoms with Gasteiger partial charge in [0, 0.05) is 17.1 Å². The molecule has 0 aliphatic carbocycles. The molecule has 0 amide bonds. The average Bonchev–Trinajstić information content (AvgIpc) is 3.00. The molecular weight excluding hydrogens is 234 g/mol. The number of hydrogen-bond acceptors (Lipinski definition) is 5. The topological polar surface area (TPSA) is 56.5 Å². The summed E-state index contributed by atoms with van der Waals surface area (Å²) >= 11 is 1.63. The summed E-state index contributed by atoms with van der Waals surface area (Å²) in [5.74, 6) is 0.775. The third kappa shape index (κ3) is 2.07. The van der Waals surface area contributed by atoms with Crippen molar-refractivity contribution >= 4 is 11.3 Å². The average molecular weight is 243 g/mol. The lowest BCUT2D eigenvalue weighted by Crippen LogP contribution is -2.05. The molecule has 3 aromatic heterocycles. The minimum atomic E-state index is 0.582. The number of hydrogen-bond donors (Lipinski definition) is 0. The second kappa shape index (κ2) is 4.42. The fourth-order valence-electron chi connectivity index (χ4n) is 1.55. The van der Waals surface area contributed by atoms with Crippen LogP contribution < -0.4 is 0 Å². The maximum absolute atomic E-state index is 4.26. The van der Waals surface area contributed by atoms with E-state index in [1.54, 1.807) is 22.2 Å². The van der Waals surface area contributed by atoms with Gasteiger partial charge in [0.25, 0.3) is 0 Å². The summed E-state index contributed by atoms with van der Waals surface area (Å²) in [7, 11) is 0. The van der Waals surface area contributed by atoms with Crippen LogP contribution in [0.3, 0.4) is 0 Å². The Morgan fingerprint density at radius 3 is 3.00 bits per heavy atom. The van der Waals surface area contributed by atoms with Gasteiger partial charge >= 0.3 is 0 Å². The Kier molecular flexibility index (Phi) is 2.63. The van der Waals surface area contributed by atoms with Gasteiger partial charge in [-0.25, -0.2) is 4.68 Å². The van der Waals surface area contributed by atoms with E-state index in [0.29, 0.717) is 6.54 Å². The zero-order valence-corrected chi connectivity index (χ0v) is 9.71. The van der Waals surface area contributed by atoms with E-state index in [9.17, 15) is 0 Å². The minimum Gasteiger partial charge on any atom is -0.259 e. The van der Waals surface area contributed by atoms with E-state index in [4.69, 9.17) is 0 Å². The summed E-state index contributed by atoms with van der Waals surface area (Å²) in [6.07, 6.45) is 1.77. The predicted molar refractivity (Wildman–Crippen MR) is 64.5 cm³/mol. The van der Waals surface area contributed by atoms with E-state index < -0.39 is 0 Å². The van der Waals surface area contributed by atoms with Gasteiger partial charge in [0.05, 0.1) is 12.2 Å². The minimum absolute atomic E-state index is 0.582. The standard InChI is InChI=1S/C11H9N5S/c1-2-5-12-10(3-1)7-16-11(13-14-15-16)9-4-6-17-8-9/h1-6,8H,7H2. The van der Waals surface area contributed by atoms with Crippen molar-refractivity contribution in [3.05, 3.63) is 46.9 Å². The van der Waals surface area contributed by atoms with Crippen LogP contribution in [0.25, 0.3) is 11.4 Å². The molecule has 5 nitrogen and oxygen atoms in total. The molecule has 0 radical (unpaired) electrons. The van der Waals surface area contributed by atoms with Gasteiger partial charge in [-0.1, -0.05) is 6.07 Å². The van der Waals surface area contributed by atoms with Gasteiger partial charge in [0.1, 0.15) is 0 Å². The maximum Gasteiger partial charge on any atom is 0.183 e. The van der Waals surface area contributed by atoms with Crippen molar-refractivity contribution < 1.29 is 0 Å². The highest BCUT2D eigenvalue weighted by molar-refractivity contribution is 7.08. The van der Waals surface area contributed by atoms with Crippen LogP contribution in [0.5, 0.6) is 0 Å². The molecule has 3 rings (SSSR count). The Labute approximate surface area is 102 Å².